The Hall–Kier alpha value is -3.75. The molecule has 0 spiro atoms. The number of nitrogens with one attached hydrogen (secondary N) is 3. The molecule has 5 amide bonds. The molecule has 7 atom stereocenters. The number of benzene rings is 1. The van der Waals surface area contributed by atoms with Gasteiger partial charge in [0, 0.05) is 52.8 Å². The van der Waals surface area contributed by atoms with Crippen LogP contribution in [-0.4, -0.2) is 189 Å². The van der Waals surface area contributed by atoms with Crippen LogP contribution < -0.4 is 16.0 Å². The van der Waals surface area contributed by atoms with Crippen molar-refractivity contribution in [1.29, 1.82) is 0 Å². The molecule has 1 aromatic rings. The van der Waals surface area contributed by atoms with Crippen molar-refractivity contribution < 1.29 is 61.9 Å². The molecule has 2 aliphatic rings. The van der Waals surface area contributed by atoms with E-state index in [0.717, 1.165) is 19.3 Å². The molecule has 1 heterocycles. The highest BCUT2D eigenvalue weighted by Crippen LogP contribution is 2.47. The third-order valence-corrected chi connectivity index (χ3v) is 13.9. The Morgan fingerprint density at radius 2 is 1.34 bits per heavy atom. The summed E-state index contributed by atoms with van der Waals surface area (Å²) in [6.45, 7) is 21.1. The van der Waals surface area contributed by atoms with Crippen molar-refractivity contribution in [3.05, 3.63) is 35.9 Å². The Kier molecular flexibility index (Phi) is 28.1. The summed E-state index contributed by atoms with van der Waals surface area (Å²) in [4.78, 5) is 72.6. The van der Waals surface area contributed by atoms with Gasteiger partial charge in [-0.05, 0) is 63.9 Å². The summed E-state index contributed by atoms with van der Waals surface area (Å²) in [5.41, 5.74) is -0.155. The van der Waals surface area contributed by atoms with Gasteiger partial charge in [-0.3, -0.25) is 24.0 Å². The number of ether oxygens (including phenoxy) is 8. The smallest absolute Gasteiger partial charge is 0.245 e. The van der Waals surface area contributed by atoms with Crippen LogP contribution in [-0.2, 0) is 67.3 Å². The number of methoxy groups -OCH3 is 2. The zero-order valence-electron chi connectivity index (χ0n) is 45.1. The van der Waals surface area contributed by atoms with E-state index in [-0.39, 0.29) is 73.0 Å². The van der Waals surface area contributed by atoms with E-state index in [1.54, 1.807) is 40.0 Å². The topological polar surface area (TPSA) is 202 Å². The van der Waals surface area contributed by atoms with Gasteiger partial charge in [-0.2, -0.15) is 0 Å². The Labute approximate surface area is 424 Å². The van der Waals surface area contributed by atoms with E-state index in [4.69, 9.17) is 37.9 Å². The first-order chi connectivity index (χ1) is 34.0. The van der Waals surface area contributed by atoms with E-state index >= 15 is 0 Å². The molecule has 1 saturated heterocycles. The molecule has 18 heteroatoms. The fraction of sp³-hybridized carbons (Fsp3) is 0.792. The lowest BCUT2D eigenvalue weighted by atomic mass is 9.89. The van der Waals surface area contributed by atoms with Crippen LogP contribution in [0.15, 0.2) is 30.3 Å². The summed E-state index contributed by atoms with van der Waals surface area (Å²) in [6, 6.07) is 8.52. The van der Waals surface area contributed by atoms with E-state index < -0.39 is 41.7 Å². The average molecular weight is 1010 g/mol. The molecule has 3 N–H and O–H groups in total. The van der Waals surface area contributed by atoms with E-state index in [0.29, 0.717) is 92.0 Å². The van der Waals surface area contributed by atoms with Crippen molar-refractivity contribution in [2.24, 2.45) is 17.8 Å². The largest absolute Gasteiger partial charge is 0.379 e. The Balaban J connectivity index is 1.48. The van der Waals surface area contributed by atoms with Gasteiger partial charge in [-0.25, -0.2) is 0 Å². The minimum absolute atomic E-state index is 0.00395. The summed E-state index contributed by atoms with van der Waals surface area (Å²) in [6.07, 6.45) is 3.04. The van der Waals surface area contributed by atoms with Gasteiger partial charge in [0.05, 0.1) is 109 Å². The average Bonchev–Trinajstić information content (AvgIpc) is 4.00. The second-order valence-corrected chi connectivity index (χ2v) is 19.8. The van der Waals surface area contributed by atoms with E-state index in [1.807, 2.05) is 64.6 Å². The molecular weight excluding hydrogens is 915 g/mol. The number of hydrogen-bond donors (Lipinski definition) is 3. The minimum atomic E-state index is -1.35. The molecule has 0 aromatic heterocycles. The summed E-state index contributed by atoms with van der Waals surface area (Å²) < 4.78 is 44.7. The molecule has 3 rings (SSSR count). The fourth-order valence-electron chi connectivity index (χ4n) is 9.16. The summed E-state index contributed by atoms with van der Waals surface area (Å²) in [7, 11) is 4.83. The lowest BCUT2D eigenvalue weighted by Crippen LogP contribution is -2.62. The molecule has 1 aliphatic heterocycles. The highest BCUT2D eigenvalue weighted by molar-refractivity contribution is 5.94. The molecule has 2 fully saturated rings. The normalized spacial score (nSPS) is 18.0. The van der Waals surface area contributed by atoms with Crippen LogP contribution in [0.2, 0.25) is 0 Å². The van der Waals surface area contributed by atoms with Crippen molar-refractivity contribution in [1.82, 2.24) is 25.8 Å². The zero-order valence-corrected chi connectivity index (χ0v) is 45.1. The van der Waals surface area contributed by atoms with Gasteiger partial charge < -0.3 is 63.6 Å². The van der Waals surface area contributed by atoms with Crippen molar-refractivity contribution >= 4 is 29.5 Å². The number of hydrogen-bond acceptors (Lipinski definition) is 13. The van der Waals surface area contributed by atoms with Gasteiger partial charge in [0.1, 0.15) is 11.6 Å². The number of likely N-dealkylation sites (N-methyl/N-ethyl adjacent to an activating group) is 1. The molecule has 3 unspecified atom stereocenters. The monoisotopic (exact) mass is 1010 g/mol. The van der Waals surface area contributed by atoms with Crippen LogP contribution in [0.25, 0.3) is 0 Å². The van der Waals surface area contributed by atoms with Crippen molar-refractivity contribution in [3.8, 4) is 0 Å². The summed E-state index contributed by atoms with van der Waals surface area (Å²) in [5.74, 6) is -2.38. The second-order valence-electron chi connectivity index (χ2n) is 19.8. The Morgan fingerprint density at radius 1 is 0.789 bits per heavy atom. The number of amides is 5. The third-order valence-electron chi connectivity index (χ3n) is 13.9. The molecule has 1 saturated carbocycles. The summed E-state index contributed by atoms with van der Waals surface area (Å²) >= 11 is 0. The van der Waals surface area contributed by atoms with E-state index in [9.17, 15) is 24.0 Å². The van der Waals surface area contributed by atoms with Gasteiger partial charge >= 0.3 is 0 Å². The fourth-order valence-corrected chi connectivity index (χ4v) is 9.16. The van der Waals surface area contributed by atoms with Crippen molar-refractivity contribution in [2.45, 2.75) is 142 Å². The number of nitrogens with zero attached hydrogens (tertiary/aromatic N) is 2. The Morgan fingerprint density at radius 3 is 1.83 bits per heavy atom. The quantitative estimate of drug-likeness (QED) is 0.0793. The maximum Gasteiger partial charge on any atom is 0.245 e. The van der Waals surface area contributed by atoms with Crippen LogP contribution in [0.1, 0.15) is 106 Å². The first kappa shape index (κ1) is 61.5. The molecule has 71 heavy (non-hydrogen) atoms. The van der Waals surface area contributed by atoms with Gasteiger partial charge in [0.15, 0.2) is 0 Å². The van der Waals surface area contributed by atoms with E-state index in [2.05, 4.69) is 28.1 Å². The molecule has 406 valence electrons. The third kappa shape index (κ3) is 20.2. The molecule has 18 nitrogen and oxygen atoms in total. The van der Waals surface area contributed by atoms with Gasteiger partial charge in [0.2, 0.25) is 29.5 Å². The second kappa shape index (κ2) is 32.4. The predicted molar refractivity (Wildman–Crippen MR) is 271 cm³/mol. The first-order valence-electron chi connectivity index (χ1n) is 26.0. The highest BCUT2D eigenvalue weighted by Gasteiger charge is 2.46. The lowest BCUT2D eigenvalue weighted by molar-refractivity contribution is -0.148. The number of likely N-dealkylation sites (tertiary alicyclic amines) is 1. The molecular formula is C53H91N5O13. The van der Waals surface area contributed by atoms with Crippen LogP contribution in [0.4, 0.5) is 0 Å². The first-order valence-corrected chi connectivity index (χ1v) is 26.0. The molecule has 1 aliphatic carbocycles. The molecule has 1 aromatic carbocycles. The summed E-state index contributed by atoms with van der Waals surface area (Å²) in [5, 5.41) is 8.89. The molecule has 0 bridgehead atoms. The maximum absolute atomic E-state index is 14.5. The van der Waals surface area contributed by atoms with Crippen LogP contribution in [0.5, 0.6) is 0 Å². The van der Waals surface area contributed by atoms with Gasteiger partial charge in [-0.15, -0.1) is 0 Å². The Bertz CT molecular complexity index is 1720. The van der Waals surface area contributed by atoms with Crippen LogP contribution in [0, 0.1) is 17.8 Å². The van der Waals surface area contributed by atoms with Crippen LogP contribution in [0.3, 0.4) is 0 Å². The predicted octanol–water partition coefficient (Wildman–Crippen LogP) is 4.30. The van der Waals surface area contributed by atoms with Crippen molar-refractivity contribution in [2.75, 3.05) is 114 Å². The maximum atomic E-state index is 14.5. The highest BCUT2D eigenvalue weighted by atomic mass is 16.6. The SMILES string of the molecule is CCOCCOCCOCCOCCOCCOCCC(=O)NC(C)(C)C(=O)N[C@H](C(=O)N(C)[C@H](C(CC(=O)N1CCC[C@H]1C(OC)C(C)C(=O)NCC1(c2ccccc2)CC1)OC)[C@@H](C)CC)C(C)C. The molecule has 0 radical (unpaired) electrons. The number of carbonyl (C=O) groups excluding carboxylic acids is 5. The van der Waals surface area contributed by atoms with Crippen LogP contribution >= 0.6 is 0 Å². The minimum Gasteiger partial charge on any atom is -0.379 e. The van der Waals surface area contributed by atoms with E-state index in [1.165, 1.54) is 5.56 Å². The number of carbonyl (C=O) groups is 5. The van der Waals surface area contributed by atoms with Gasteiger partial charge in [-0.1, -0.05) is 71.4 Å². The standard InChI is InChI=1S/C53H91N5O13/c1-12-39(5)47(43(64-10)36-45(60)58-24-17-20-42(58)48(65-11)40(6)49(61)54-37-53(22-23-53)41-18-15-14-16-19-41)57(9)50(62)46(38(3)4)55-51(63)52(7,8)56-44(59)21-25-67-28-29-69-32-33-71-35-34-70-31-30-68-27-26-66-13-2/h14-16,18-19,38-40,42-43,46-48H,12-13,17,20-37H2,1-11H3,(H,54,61)(H,55,63)(H,56,59)/t39-,40?,42-,43?,46-,47-,48?/m0/s1. The lowest BCUT2D eigenvalue weighted by Gasteiger charge is -2.41. The number of rotatable bonds is 38. The van der Waals surface area contributed by atoms with Gasteiger partial charge in [0.25, 0.3) is 0 Å². The zero-order chi connectivity index (χ0) is 52.4. The van der Waals surface area contributed by atoms with Crippen molar-refractivity contribution in [3.63, 3.8) is 0 Å².